The molecule has 182 valence electrons. The van der Waals surface area contributed by atoms with Crippen molar-refractivity contribution in [3.8, 4) is 0 Å². The van der Waals surface area contributed by atoms with Crippen molar-refractivity contribution in [1.82, 2.24) is 19.3 Å². The number of aromatic nitrogens is 3. The van der Waals surface area contributed by atoms with Crippen LogP contribution in [0.5, 0.6) is 0 Å². The van der Waals surface area contributed by atoms with Crippen LogP contribution in [0.2, 0.25) is 0 Å². The molecule has 36 heavy (non-hydrogen) atoms. The van der Waals surface area contributed by atoms with Gasteiger partial charge in [0.1, 0.15) is 11.3 Å². The van der Waals surface area contributed by atoms with E-state index >= 15 is 0 Å². The molecule has 3 aromatic heterocycles. The average molecular weight is 481 g/mol. The number of nitrogens with zero attached hydrogens (tertiary/aromatic N) is 4. The zero-order chi connectivity index (χ0) is 25.6. The number of fused-ring (bicyclic) bond motifs is 1. The van der Waals surface area contributed by atoms with Crippen LogP contribution in [0.25, 0.3) is 11.4 Å². The molecule has 1 N–H and O–H groups in total. The summed E-state index contributed by atoms with van der Waals surface area (Å²) in [6, 6.07) is 16.3. The fourth-order valence-corrected chi connectivity index (χ4v) is 4.77. The van der Waals surface area contributed by atoms with Crippen LogP contribution in [0.3, 0.4) is 0 Å². The number of amides is 1. The highest BCUT2D eigenvalue weighted by molar-refractivity contribution is 6.46. The fraction of sp³-hybridized carbons (Fsp3) is 0.241. The van der Waals surface area contributed by atoms with Gasteiger partial charge in [-0.1, -0.05) is 57.2 Å². The maximum absolute atomic E-state index is 13.4. The molecule has 1 amide bonds. The topological polar surface area (TPSA) is 87.8 Å². The fourth-order valence-electron chi connectivity index (χ4n) is 4.77. The lowest BCUT2D eigenvalue weighted by Crippen LogP contribution is -2.29. The van der Waals surface area contributed by atoms with E-state index in [1.54, 1.807) is 36.0 Å². The Morgan fingerprint density at radius 1 is 1.03 bits per heavy atom. The summed E-state index contributed by atoms with van der Waals surface area (Å²) in [4.78, 5) is 37.0. The number of carbonyl (C=O) groups is 2. The Labute approximate surface area is 209 Å². The molecule has 7 heteroatoms. The lowest BCUT2D eigenvalue weighted by Gasteiger charge is -2.26. The molecule has 1 fully saturated rings. The first-order chi connectivity index (χ1) is 17.2. The number of hydrogen-bond acceptors (Lipinski definition) is 5. The van der Waals surface area contributed by atoms with Crippen molar-refractivity contribution in [2.75, 3.05) is 0 Å². The van der Waals surface area contributed by atoms with Crippen molar-refractivity contribution in [3.05, 3.63) is 107 Å². The number of carbonyl (C=O) groups excluding carboxylic acids is 2. The van der Waals surface area contributed by atoms with Crippen LogP contribution in [0, 0.1) is 6.92 Å². The molecule has 0 spiro atoms. The van der Waals surface area contributed by atoms with Gasteiger partial charge in [-0.15, -0.1) is 0 Å². The summed E-state index contributed by atoms with van der Waals surface area (Å²) >= 11 is 0. The molecule has 1 unspecified atom stereocenters. The summed E-state index contributed by atoms with van der Waals surface area (Å²) in [5.74, 6) is -1.61. The maximum Gasteiger partial charge on any atom is 0.295 e. The minimum Gasteiger partial charge on any atom is -0.505 e. The van der Waals surface area contributed by atoms with Crippen molar-refractivity contribution in [1.29, 1.82) is 0 Å². The van der Waals surface area contributed by atoms with Gasteiger partial charge < -0.3 is 10.0 Å². The smallest absolute Gasteiger partial charge is 0.295 e. The van der Waals surface area contributed by atoms with E-state index in [0.29, 0.717) is 17.0 Å². The van der Waals surface area contributed by atoms with E-state index in [-0.39, 0.29) is 23.3 Å². The number of pyridine rings is 2. The van der Waals surface area contributed by atoms with Crippen LogP contribution in [0.4, 0.5) is 0 Å². The molecule has 1 aliphatic heterocycles. The van der Waals surface area contributed by atoms with Crippen LogP contribution < -0.4 is 0 Å². The lowest BCUT2D eigenvalue weighted by molar-refractivity contribution is -0.140. The van der Waals surface area contributed by atoms with Gasteiger partial charge >= 0.3 is 0 Å². The largest absolute Gasteiger partial charge is 0.505 e. The molecule has 4 heterocycles. The van der Waals surface area contributed by atoms with Crippen LogP contribution in [-0.2, 0) is 21.5 Å². The Bertz CT molecular complexity index is 1500. The van der Waals surface area contributed by atoms with Gasteiger partial charge in [-0.2, -0.15) is 0 Å². The summed E-state index contributed by atoms with van der Waals surface area (Å²) < 4.78 is 1.74. The number of Topliss-reactive ketones (excluding diaryl/α,β-unsaturated/α-hetero) is 1. The summed E-state index contributed by atoms with van der Waals surface area (Å²) in [5.41, 5.74) is 4.30. The summed E-state index contributed by atoms with van der Waals surface area (Å²) in [7, 11) is 0. The second-order valence-electron chi connectivity index (χ2n) is 10.1. The second kappa shape index (κ2) is 8.75. The number of rotatable bonds is 4. The van der Waals surface area contributed by atoms with E-state index < -0.39 is 17.7 Å². The normalized spacial score (nSPS) is 17.8. The van der Waals surface area contributed by atoms with Gasteiger partial charge in [0.15, 0.2) is 5.76 Å². The number of ketones is 1. The molecule has 1 aromatic carbocycles. The molecule has 5 rings (SSSR count). The Balaban J connectivity index is 1.70. The van der Waals surface area contributed by atoms with E-state index in [2.05, 4.69) is 30.7 Å². The Hall–Kier alpha value is -4.26. The molecule has 1 atom stereocenters. The van der Waals surface area contributed by atoms with Crippen molar-refractivity contribution in [2.45, 2.75) is 45.7 Å². The molecule has 0 bridgehead atoms. The van der Waals surface area contributed by atoms with Crippen LogP contribution in [0.15, 0.2) is 78.8 Å². The third-order valence-corrected chi connectivity index (χ3v) is 6.64. The SMILES string of the molecule is Cc1nc2ccccn2c1/C(O)=C1\C(=O)C(=O)N(Cc2cccnc2)C1c1ccc(C(C)(C)C)cc1. The van der Waals surface area contributed by atoms with E-state index in [1.807, 2.05) is 48.5 Å². The van der Waals surface area contributed by atoms with Gasteiger partial charge in [0.2, 0.25) is 0 Å². The van der Waals surface area contributed by atoms with Crippen molar-refractivity contribution < 1.29 is 14.7 Å². The van der Waals surface area contributed by atoms with Gasteiger partial charge in [-0.3, -0.25) is 19.0 Å². The van der Waals surface area contributed by atoms with Gasteiger partial charge in [-0.25, -0.2) is 4.98 Å². The van der Waals surface area contributed by atoms with Crippen molar-refractivity contribution >= 4 is 23.1 Å². The second-order valence-corrected chi connectivity index (χ2v) is 10.1. The molecule has 7 nitrogen and oxygen atoms in total. The minimum atomic E-state index is -0.757. The van der Waals surface area contributed by atoms with Crippen molar-refractivity contribution in [3.63, 3.8) is 0 Å². The highest BCUT2D eigenvalue weighted by Crippen LogP contribution is 2.41. The highest BCUT2D eigenvalue weighted by atomic mass is 16.3. The van der Waals surface area contributed by atoms with Gasteiger partial charge in [-0.05, 0) is 47.2 Å². The Morgan fingerprint density at radius 2 is 1.78 bits per heavy atom. The van der Waals surface area contributed by atoms with Crippen molar-refractivity contribution in [2.24, 2.45) is 0 Å². The first-order valence-electron chi connectivity index (χ1n) is 11.9. The monoisotopic (exact) mass is 480 g/mol. The summed E-state index contributed by atoms with van der Waals surface area (Å²) in [6.45, 7) is 8.35. The van der Waals surface area contributed by atoms with Crippen LogP contribution in [0.1, 0.15) is 54.9 Å². The average Bonchev–Trinajstić information content (AvgIpc) is 3.32. The molecule has 1 aliphatic rings. The van der Waals surface area contributed by atoms with E-state index in [9.17, 15) is 14.7 Å². The first kappa shape index (κ1) is 23.5. The number of aryl methyl sites for hydroxylation is 1. The third kappa shape index (κ3) is 3.96. The molecule has 0 aliphatic carbocycles. The highest BCUT2D eigenvalue weighted by Gasteiger charge is 2.46. The number of likely N-dealkylation sites (tertiary alicyclic amines) is 1. The Kier molecular flexibility index (Phi) is 5.71. The van der Waals surface area contributed by atoms with E-state index in [0.717, 1.165) is 16.7 Å². The molecule has 4 aromatic rings. The van der Waals surface area contributed by atoms with Gasteiger partial charge in [0.25, 0.3) is 11.7 Å². The lowest BCUT2D eigenvalue weighted by atomic mass is 9.85. The molecular formula is C29H28N4O3. The van der Waals surface area contributed by atoms with Crippen LogP contribution >= 0.6 is 0 Å². The number of hydrogen-bond donors (Lipinski definition) is 1. The minimum absolute atomic E-state index is 0.0519. The van der Waals surface area contributed by atoms with Gasteiger partial charge in [0.05, 0.1) is 17.3 Å². The predicted molar refractivity (Wildman–Crippen MR) is 137 cm³/mol. The van der Waals surface area contributed by atoms with Crippen LogP contribution in [-0.4, -0.2) is 36.1 Å². The molecular weight excluding hydrogens is 452 g/mol. The van der Waals surface area contributed by atoms with E-state index in [1.165, 1.54) is 4.90 Å². The number of aliphatic hydroxyl groups excluding tert-OH is 1. The zero-order valence-corrected chi connectivity index (χ0v) is 20.8. The molecule has 1 saturated heterocycles. The van der Waals surface area contributed by atoms with E-state index in [4.69, 9.17) is 0 Å². The Morgan fingerprint density at radius 3 is 2.44 bits per heavy atom. The number of imidazole rings is 1. The summed E-state index contributed by atoms with van der Waals surface area (Å²) in [5, 5.41) is 11.6. The summed E-state index contributed by atoms with van der Waals surface area (Å²) in [6.07, 6.45) is 5.12. The van der Waals surface area contributed by atoms with Gasteiger partial charge in [0, 0.05) is 25.1 Å². The number of benzene rings is 1. The zero-order valence-electron chi connectivity index (χ0n) is 20.8. The third-order valence-electron chi connectivity index (χ3n) is 6.64. The standard InChI is InChI=1S/C29H28N4O3/c1-18-24(32-15-6-5-9-22(32)31-18)26(34)23-25(20-10-12-21(13-11-20)29(2,3)4)33(28(36)27(23)35)17-19-8-7-14-30-16-19/h5-16,25,34H,17H2,1-4H3/b26-23+. The maximum atomic E-state index is 13.4. The first-order valence-corrected chi connectivity index (χ1v) is 11.9. The molecule has 0 radical (unpaired) electrons. The quantitative estimate of drug-likeness (QED) is 0.253. The predicted octanol–water partition coefficient (Wildman–Crippen LogP) is 4.96. The molecule has 0 saturated carbocycles. The number of aliphatic hydroxyl groups is 1.